The number of fused-ring (bicyclic) bond motifs is 1. The van der Waals surface area contributed by atoms with Gasteiger partial charge in [0.25, 0.3) is 0 Å². The minimum Gasteiger partial charge on any atom is -0.284 e. The van der Waals surface area contributed by atoms with Gasteiger partial charge in [0, 0.05) is 16.5 Å². The van der Waals surface area contributed by atoms with E-state index in [0.29, 0.717) is 11.7 Å². The summed E-state index contributed by atoms with van der Waals surface area (Å²) in [5.41, 5.74) is 2.50. The van der Waals surface area contributed by atoms with E-state index >= 15 is 0 Å². The Kier molecular flexibility index (Phi) is 4.67. The molecule has 0 fully saturated rings. The molecule has 1 aliphatic rings. The topological polar surface area (TPSA) is 50.9 Å². The van der Waals surface area contributed by atoms with Gasteiger partial charge >= 0.3 is 0 Å². The molecule has 0 bridgehead atoms. The van der Waals surface area contributed by atoms with Gasteiger partial charge in [-0.15, -0.1) is 0 Å². The second kappa shape index (κ2) is 7.42. The van der Waals surface area contributed by atoms with Crippen molar-refractivity contribution in [3.63, 3.8) is 0 Å². The molecule has 0 amide bonds. The number of anilines is 1. The fourth-order valence-corrected chi connectivity index (χ4v) is 3.40. The zero-order valence-electron chi connectivity index (χ0n) is 15.0. The molecule has 0 aromatic heterocycles. The molecule has 0 radical (unpaired) electrons. The van der Waals surface area contributed by atoms with Gasteiger partial charge < -0.3 is 0 Å². The van der Waals surface area contributed by atoms with Crippen molar-refractivity contribution in [3.05, 3.63) is 102 Å². The summed E-state index contributed by atoms with van der Waals surface area (Å²) in [5.74, 6) is 0.632. The zero-order chi connectivity index (χ0) is 18.6. The van der Waals surface area contributed by atoms with Gasteiger partial charge in [-0.3, -0.25) is 15.7 Å². The Morgan fingerprint density at radius 1 is 0.741 bits per heavy atom. The molecule has 2 N–H and O–H groups in total. The van der Waals surface area contributed by atoms with E-state index in [4.69, 9.17) is 10.8 Å². The van der Waals surface area contributed by atoms with E-state index in [2.05, 4.69) is 24.3 Å². The van der Waals surface area contributed by atoms with Gasteiger partial charge in [-0.2, -0.15) is 0 Å². The van der Waals surface area contributed by atoms with E-state index in [1.807, 2.05) is 66.7 Å². The van der Waals surface area contributed by atoms with Crippen molar-refractivity contribution in [3.8, 4) is 0 Å². The summed E-state index contributed by atoms with van der Waals surface area (Å²) in [6.07, 6.45) is 8.09. The Bertz CT molecular complexity index is 1060. The third kappa shape index (κ3) is 3.32. The lowest BCUT2D eigenvalue weighted by Gasteiger charge is -2.28. The standard InChI is InChI=1S/C24H21N3/c25-23(19-11-3-1-4-12-19)27(24(26)20-13-5-2-6-14-20)22-17-9-15-18-10-7-8-16-21(18)22/h1,3-5,7-17,25-26H,2,6H2. The monoisotopic (exact) mass is 351 g/mol. The minimum atomic E-state index is 0.303. The predicted octanol–water partition coefficient (Wildman–Crippen LogP) is 5.93. The Morgan fingerprint density at radius 3 is 2.26 bits per heavy atom. The molecule has 0 spiro atoms. The Morgan fingerprint density at radius 2 is 1.48 bits per heavy atom. The molecule has 132 valence electrons. The van der Waals surface area contributed by atoms with Crippen molar-refractivity contribution in [1.82, 2.24) is 0 Å². The van der Waals surface area contributed by atoms with Crippen LogP contribution in [-0.4, -0.2) is 11.7 Å². The summed E-state index contributed by atoms with van der Waals surface area (Å²) in [7, 11) is 0. The van der Waals surface area contributed by atoms with Crippen LogP contribution in [0.3, 0.4) is 0 Å². The maximum atomic E-state index is 8.90. The molecule has 3 heteroatoms. The molecular formula is C24H21N3. The first-order valence-corrected chi connectivity index (χ1v) is 9.13. The van der Waals surface area contributed by atoms with Gasteiger partial charge in [0.1, 0.15) is 11.7 Å². The summed E-state index contributed by atoms with van der Waals surface area (Å²) >= 11 is 0. The van der Waals surface area contributed by atoms with Gasteiger partial charge in [-0.25, -0.2) is 0 Å². The highest BCUT2D eigenvalue weighted by atomic mass is 15.2. The van der Waals surface area contributed by atoms with Crippen LogP contribution in [0, 0.1) is 10.8 Å². The molecule has 3 aromatic carbocycles. The number of benzene rings is 3. The first kappa shape index (κ1) is 17.0. The Labute approximate surface area is 159 Å². The van der Waals surface area contributed by atoms with E-state index in [0.717, 1.165) is 40.4 Å². The summed E-state index contributed by atoms with van der Waals surface area (Å²) in [6, 6.07) is 23.8. The van der Waals surface area contributed by atoms with Gasteiger partial charge in [0.15, 0.2) is 0 Å². The normalized spacial score (nSPS) is 13.3. The largest absolute Gasteiger partial charge is 0.284 e. The molecule has 0 saturated heterocycles. The lowest BCUT2D eigenvalue weighted by atomic mass is 10.0. The molecule has 3 nitrogen and oxygen atoms in total. The smallest absolute Gasteiger partial charge is 0.138 e. The van der Waals surface area contributed by atoms with Crippen molar-refractivity contribution >= 4 is 28.1 Å². The second-order valence-corrected chi connectivity index (χ2v) is 6.54. The summed E-state index contributed by atoms with van der Waals surface area (Å²) < 4.78 is 0. The Hall–Kier alpha value is -3.46. The number of allylic oxidation sites excluding steroid dienone is 2. The van der Waals surface area contributed by atoms with Crippen LogP contribution in [-0.2, 0) is 0 Å². The van der Waals surface area contributed by atoms with Crippen molar-refractivity contribution < 1.29 is 0 Å². The molecule has 0 atom stereocenters. The average Bonchev–Trinajstić information content (AvgIpc) is 2.75. The van der Waals surface area contributed by atoms with Gasteiger partial charge in [-0.05, 0) is 24.3 Å². The van der Waals surface area contributed by atoms with Gasteiger partial charge in [0.05, 0.1) is 5.69 Å². The van der Waals surface area contributed by atoms with E-state index in [-0.39, 0.29) is 0 Å². The van der Waals surface area contributed by atoms with E-state index in [9.17, 15) is 0 Å². The van der Waals surface area contributed by atoms with Crippen LogP contribution in [0.4, 0.5) is 5.69 Å². The van der Waals surface area contributed by atoms with E-state index in [1.54, 1.807) is 4.90 Å². The number of rotatable bonds is 3. The highest BCUT2D eigenvalue weighted by molar-refractivity contribution is 6.30. The third-order valence-corrected chi connectivity index (χ3v) is 4.77. The van der Waals surface area contributed by atoms with Crippen LogP contribution in [0.25, 0.3) is 10.8 Å². The van der Waals surface area contributed by atoms with Gasteiger partial charge in [0.2, 0.25) is 0 Å². The molecule has 0 saturated carbocycles. The van der Waals surface area contributed by atoms with Crippen molar-refractivity contribution in [2.45, 2.75) is 12.8 Å². The van der Waals surface area contributed by atoms with Crippen molar-refractivity contribution in [1.29, 1.82) is 10.8 Å². The molecule has 0 aliphatic heterocycles. The fraction of sp³-hybridized carbons (Fsp3) is 0.0833. The van der Waals surface area contributed by atoms with E-state index < -0.39 is 0 Å². The SMILES string of the molecule is N=C(C1=CCCC=C1)N(C(=N)c1ccccc1)c1cccc2ccccc12. The Balaban J connectivity index is 1.88. The minimum absolute atomic E-state index is 0.303. The van der Waals surface area contributed by atoms with Crippen molar-refractivity contribution in [2.75, 3.05) is 4.90 Å². The summed E-state index contributed by atoms with van der Waals surface area (Å²) in [4.78, 5) is 1.75. The number of nitrogens with zero attached hydrogens (tertiary/aromatic N) is 1. The fourth-order valence-electron chi connectivity index (χ4n) is 3.40. The first-order valence-electron chi connectivity index (χ1n) is 9.13. The average molecular weight is 351 g/mol. The maximum absolute atomic E-state index is 8.90. The van der Waals surface area contributed by atoms with Crippen molar-refractivity contribution in [2.24, 2.45) is 0 Å². The maximum Gasteiger partial charge on any atom is 0.138 e. The molecule has 0 unspecified atom stereocenters. The number of amidine groups is 2. The molecule has 3 aromatic rings. The number of hydrogen-bond donors (Lipinski definition) is 2. The van der Waals surface area contributed by atoms with Crippen LogP contribution in [0.1, 0.15) is 18.4 Å². The molecular weight excluding hydrogens is 330 g/mol. The quantitative estimate of drug-likeness (QED) is 0.446. The van der Waals surface area contributed by atoms with Crippen LogP contribution in [0.15, 0.2) is 96.6 Å². The molecule has 1 aliphatic carbocycles. The third-order valence-electron chi connectivity index (χ3n) is 4.77. The lowest BCUT2D eigenvalue weighted by molar-refractivity contribution is 1.03. The highest BCUT2D eigenvalue weighted by Gasteiger charge is 2.23. The lowest BCUT2D eigenvalue weighted by Crippen LogP contribution is -2.37. The van der Waals surface area contributed by atoms with E-state index in [1.165, 1.54) is 0 Å². The van der Waals surface area contributed by atoms with Gasteiger partial charge in [-0.1, -0.05) is 85.0 Å². The number of hydrogen-bond acceptors (Lipinski definition) is 2. The first-order chi connectivity index (χ1) is 13.3. The van der Waals surface area contributed by atoms with Crippen LogP contribution in [0.2, 0.25) is 0 Å². The molecule has 0 heterocycles. The number of nitrogens with one attached hydrogen (secondary N) is 2. The summed E-state index contributed by atoms with van der Waals surface area (Å²) in [6.45, 7) is 0. The summed E-state index contributed by atoms with van der Waals surface area (Å²) in [5, 5.41) is 19.9. The second-order valence-electron chi connectivity index (χ2n) is 6.54. The predicted molar refractivity (Wildman–Crippen MR) is 114 cm³/mol. The molecule has 27 heavy (non-hydrogen) atoms. The highest BCUT2D eigenvalue weighted by Crippen LogP contribution is 2.30. The van der Waals surface area contributed by atoms with Crippen LogP contribution in [0.5, 0.6) is 0 Å². The van der Waals surface area contributed by atoms with Crippen LogP contribution >= 0.6 is 0 Å². The van der Waals surface area contributed by atoms with Crippen LogP contribution < -0.4 is 4.90 Å². The zero-order valence-corrected chi connectivity index (χ0v) is 15.0. The molecule has 4 rings (SSSR count).